The summed E-state index contributed by atoms with van der Waals surface area (Å²) in [5, 5.41) is 0. The van der Waals surface area contributed by atoms with Crippen LogP contribution in [0.25, 0.3) is 0 Å². The third-order valence-corrected chi connectivity index (χ3v) is 1.72. The third kappa shape index (κ3) is 1.44. The number of carbonyl (C=O) groups is 1. The lowest BCUT2D eigenvalue weighted by molar-refractivity contribution is 0.112. The topological polar surface area (TPSA) is 39.2 Å². The van der Waals surface area contributed by atoms with E-state index in [1.807, 2.05) is 6.92 Å². The van der Waals surface area contributed by atoms with Crippen molar-refractivity contribution in [2.24, 2.45) is 0 Å². The fourth-order valence-electron chi connectivity index (χ4n) is 1.03. The van der Waals surface area contributed by atoms with Gasteiger partial charge in [-0.2, -0.15) is 0 Å². The van der Waals surface area contributed by atoms with E-state index < -0.39 is 0 Å². The minimum Gasteiger partial charge on any atom is -0.481 e. The van der Waals surface area contributed by atoms with E-state index in [0.29, 0.717) is 17.1 Å². The molecule has 3 heteroatoms. The molecule has 1 heterocycles. The number of aromatic nitrogens is 1. The summed E-state index contributed by atoms with van der Waals surface area (Å²) in [7, 11) is 1.56. The summed E-state index contributed by atoms with van der Waals surface area (Å²) in [6.45, 7) is 3.64. The van der Waals surface area contributed by atoms with E-state index in [1.165, 1.54) is 0 Å². The van der Waals surface area contributed by atoms with Gasteiger partial charge in [-0.1, -0.05) is 0 Å². The highest BCUT2D eigenvalue weighted by atomic mass is 16.5. The molecule has 12 heavy (non-hydrogen) atoms. The standard InChI is InChI=1S/C9H11NO2/c1-6-4-8(5-11)7(2)10-9(6)12-3/h4-5H,1-3H3. The Morgan fingerprint density at radius 1 is 1.50 bits per heavy atom. The van der Waals surface area contributed by atoms with Crippen LogP contribution in [0.5, 0.6) is 5.88 Å². The molecule has 1 aromatic heterocycles. The van der Waals surface area contributed by atoms with Crippen LogP contribution in [0.4, 0.5) is 0 Å². The van der Waals surface area contributed by atoms with Gasteiger partial charge in [0.25, 0.3) is 0 Å². The lowest BCUT2D eigenvalue weighted by Crippen LogP contribution is -1.97. The molecule has 0 bridgehead atoms. The highest BCUT2D eigenvalue weighted by Gasteiger charge is 2.04. The molecule has 0 spiro atoms. The second-order valence-corrected chi connectivity index (χ2v) is 2.61. The van der Waals surface area contributed by atoms with Crippen LogP contribution >= 0.6 is 0 Å². The van der Waals surface area contributed by atoms with E-state index in [4.69, 9.17) is 4.74 Å². The van der Waals surface area contributed by atoms with Crippen LogP contribution < -0.4 is 4.74 Å². The summed E-state index contributed by atoms with van der Waals surface area (Å²) in [5.74, 6) is 0.582. The minimum atomic E-state index is 0.582. The average molecular weight is 165 g/mol. The zero-order valence-corrected chi connectivity index (χ0v) is 7.42. The summed E-state index contributed by atoms with van der Waals surface area (Å²) < 4.78 is 5.00. The first-order valence-electron chi connectivity index (χ1n) is 3.66. The fraction of sp³-hybridized carbons (Fsp3) is 0.333. The first kappa shape index (κ1) is 8.71. The Balaban J connectivity index is 3.25. The summed E-state index contributed by atoms with van der Waals surface area (Å²) in [6, 6.07) is 1.77. The predicted octanol–water partition coefficient (Wildman–Crippen LogP) is 1.52. The van der Waals surface area contributed by atoms with Crippen molar-refractivity contribution < 1.29 is 9.53 Å². The van der Waals surface area contributed by atoms with Crippen molar-refractivity contribution >= 4 is 6.29 Å². The number of aldehydes is 1. The molecule has 0 aromatic carbocycles. The first-order valence-corrected chi connectivity index (χ1v) is 3.66. The van der Waals surface area contributed by atoms with E-state index in [9.17, 15) is 4.79 Å². The maximum absolute atomic E-state index is 10.5. The van der Waals surface area contributed by atoms with Gasteiger partial charge in [0.1, 0.15) is 0 Å². The Labute approximate surface area is 71.4 Å². The maximum Gasteiger partial charge on any atom is 0.216 e. The Morgan fingerprint density at radius 3 is 2.67 bits per heavy atom. The largest absolute Gasteiger partial charge is 0.481 e. The number of pyridine rings is 1. The Morgan fingerprint density at radius 2 is 2.17 bits per heavy atom. The van der Waals surface area contributed by atoms with Crippen LogP contribution in [0.15, 0.2) is 6.07 Å². The third-order valence-electron chi connectivity index (χ3n) is 1.72. The molecule has 1 aromatic rings. The number of ether oxygens (including phenoxy) is 1. The maximum atomic E-state index is 10.5. The molecule has 0 amide bonds. The highest BCUT2D eigenvalue weighted by molar-refractivity contribution is 5.76. The van der Waals surface area contributed by atoms with E-state index >= 15 is 0 Å². The molecule has 3 nitrogen and oxygen atoms in total. The molecule has 0 unspecified atom stereocenters. The van der Waals surface area contributed by atoms with Crippen molar-refractivity contribution in [2.45, 2.75) is 13.8 Å². The van der Waals surface area contributed by atoms with Gasteiger partial charge < -0.3 is 4.74 Å². The van der Waals surface area contributed by atoms with E-state index in [-0.39, 0.29) is 0 Å². The van der Waals surface area contributed by atoms with Gasteiger partial charge >= 0.3 is 0 Å². The van der Waals surface area contributed by atoms with E-state index in [2.05, 4.69) is 4.98 Å². The van der Waals surface area contributed by atoms with Gasteiger partial charge in [0.15, 0.2) is 6.29 Å². The number of nitrogens with zero attached hydrogens (tertiary/aromatic N) is 1. The van der Waals surface area contributed by atoms with E-state index in [1.54, 1.807) is 20.1 Å². The second-order valence-electron chi connectivity index (χ2n) is 2.61. The molecule has 0 saturated carbocycles. The molecular formula is C9H11NO2. The van der Waals surface area contributed by atoms with Gasteiger partial charge in [-0.05, 0) is 19.9 Å². The zero-order valence-electron chi connectivity index (χ0n) is 7.42. The second kappa shape index (κ2) is 3.34. The number of carbonyl (C=O) groups excluding carboxylic acids is 1. The Hall–Kier alpha value is -1.38. The van der Waals surface area contributed by atoms with Crippen LogP contribution in [0.1, 0.15) is 21.6 Å². The molecule has 0 fully saturated rings. The number of hydrogen-bond donors (Lipinski definition) is 0. The van der Waals surface area contributed by atoms with Gasteiger partial charge in [-0.25, -0.2) is 4.98 Å². The molecule has 0 aliphatic heterocycles. The molecule has 1 rings (SSSR count). The van der Waals surface area contributed by atoms with Crippen LogP contribution in [-0.2, 0) is 0 Å². The molecule has 0 aliphatic rings. The molecule has 0 radical (unpaired) electrons. The van der Waals surface area contributed by atoms with Crippen LogP contribution in [0, 0.1) is 13.8 Å². The van der Waals surface area contributed by atoms with Crippen molar-refractivity contribution in [1.29, 1.82) is 0 Å². The van der Waals surface area contributed by atoms with Crippen LogP contribution in [0.2, 0.25) is 0 Å². The van der Waals surface area contributed by atoms with Crippen molar-refractivity contribution in [3.63, 3.8) is 0 Å². The van der Waals surface area contributed by atoms with Crippen molar-refractivity contribution in [3.05, 3.63) is 22.9 Å². The normalized spacial score (nSPS) is 9.58. The number of hydrogen-bond acceptors (Lipinski definition) is 3. The molecule has 0 aliphatic carbocycles. The van der Waals surface area contributed by atoms with Gasteiger partial charge in [-0.15, -0.1) is 0 Å². The molecule has 64 valence electrons. The van der Waals surface area contributed by atoms with Gasteiger partial charge in [0.2, 0.25) is 5.88 Å². The zero-order chi connectivity index (χ0) is 9.14. The lowest BCUT2D eigenvalue weighted by atomic mass is 10.2. The summed E-state index contributed by atoms with van der Waals surface area (Å²) in [6.07, 6.45) is 0.800. The van der Waals surface area contributed by atoms with E-state index in [0.717, 1.165) is 11.8 Å². The summed E-state index contributed by atoms with van der Waals surface area (Å²) in [5.41, 5.74) is 2.20. The molecular weight excluding hydrogens is 154 g/mol. The minimum absolute atomic E-state index is 0.582. The number of methoxy groups -OCH3 is 1. The molecule has 0 atom stereocenters. The fourth-order valence-corrected chi connectivity index (χ4v) is 1.03. The summed E-state index contributed by atoms with van der Waals surface area (Å²) in [4.78, 5) is 14.6. The van der Waals surface area contributed by atoms with Crippen molar-refractivity contribution in [3.8, 4) is 5.88 Å². The van der Waals surface area contributed by atoms with Crippen LogP contribution in [-0.4, -0.2) is 18.4 Å². The monoisotopic (exact) mass is 165 g/mol. The molecule has 0 N–H and O–H groups in total. The van der Waals surface area contributed by atoms with Crippen molar-refractivity contribution in [1.82, 2.24) is 4.98 Å². The van der Waals surface area contributed by atoms with Crippen molar-refractivity contribution in [2.75, 3.05) is 7.11 Å². The number of aryl methyl sites for hydroxylation is 2. The molecule has 0 saturated heterocycles. The summed E-state index contributed by atoms with van der Waals surface area (Å²) >= 11 is 0. The predicted molar refractivity (Wildman–Crippen MR) is 45.7 cm³/mol. The van der Waals surface area contributed by atoms with Crippen LogP contribution in [0.3, 0.4) is 0 Å². The average Bonchev–Trinajstić information content (AvgIpc) is 2.08. The smallest absolute Gasteiger partial charge is 0.216 e. The Bertz CT molecular complexity index is 308. The quantitative estimate of drug-likeness (QED) is 0.624. The van der Waals surface area contributed by atoms with Gasteiger partial charge in [-0.3, -0.25) is 4.79 Å². The van der Waals surface area contributed by atoms with Gasteiger partial charge in [0.05, 0.1) is 12.8 Å². The lowest BCUT2D eigenvalue weighted by Gasteiger charge is -2.05. The number of rotatable bonds is 2. The first-order chi connectivity index (χ1) is 5.69. The highest BCUT2D eigenvalue weighted by Crippen LogP contribution is 2.16. The van der Waals surface area contributed by atoms with Gasteiger partial charge in [0, 0.05) is 11.1 Å². The SMILES string of the molecule is COc1nc(C)c(C=O)cc1C. The Kier molecular flexibility index (Phi) is 2.43.